The molecule has 0 radical (unpaired) electrons. The summed E-state index contributed by atoms with van der Waals surface area (Å²) in [5.41, 5.74) is 8.38. The number of carbonyl (C=O) groups excluding carboxylic acids is 1. The van der Waals surface area contributed by atoms with E-state index in [-0.39, 0.29) is 5.91 Å². The third kappa shape index (κ3) is 2.64. The number of primary amides is 1. The van der Waals surface area contributed by atoms with Gasteiger partial charge in [0, 0.05) is 47.3 Å². The lowest BCUT2D eigenvalue weighted by Gasteiger charge is -2.39. The number of piperidine rings is 1. The molecule has 2 bridgehead atoms. The van der Waals surface area contributed by atoms with Crippen LogP contribution in [0.3, 0.4) is 0 Å². The fourth-order valence-corrected chi connectivity index (χ4v) is 5.39. The van der Waals surface area contributed by atoms with Gasteiger partial charge in [-0.3, -0.25) is 9.69 Å². The SMILES string of the molecule is NC(=O)c1ccc2ccn(C3C[C@H]4CC[C@@H](C3)N4Cc3ccsn3)c2c1. The van der Waals surface area contributed by atoms with Crippen molar-refractivity contribution in [3.05, 3.63) is 53.2 Å². The summed E-state index contributed by atoms with van der Waals surface area (Å²) in [5, 5.41) is 3.24. The second kappa shape index (κ2) is 6.21. The summed E-state index contributed by atoms with van der Waals surface area (Å²) in [4.78, 5) is 14.2. The first-order valence-corrected chi connectivity index (χ1v) is 10.1. The van der Waals surface area contributed by atoms with Crippen LogP contribution in [-0.2, 0) is 6.54 Å². The number of hydrogen-bond donors (Lipinski definition) is 1. The molecule has 1 aromatic carbocycles. The number of benzene rings is 1. The summed E-state index contributed by atoms with van der Waals surface area (Å²) in [6, 6.07) is 11.8. The van der Waals surface area contributed by atoms with Gasteiger partial charge in [0.25, 0.3) is 0 Å². The Morgan fingerprint density at radius 3 is 2.65 bits per heavy atom. The number of nitrogens with two attached hydrogens (primary N) is 1. The molecule has 2 aliphatic rings. The van der Waals surface area contributed by atoms with Crippen LogP contribution in [0.2, 0.25) is 0 Å². The molecule has 134 valence electrons. The van der Waals surface area contributed by atoms with E-state index in [1.807, 2.05) is 18.2 Å². The number of amides is 1. The van der Waals surface area contributed by atoms with E-state index in [1.54, 1.807) is 0 Å². The van der Waals surface area contributed by atoms with Crippen molar-refractivity contribution in [3.8, 4) is 0 Å². The van der Waals surface area contributed by atoms with Crippen LogP contribution >= 0.6 is 11.5 Å². The predicted molar refractivity (Wildman–Crippen MR) is 103 cm³/mol. The van der Waals surface area contributed by atoms with Crippen LogP contribution in [0, 0.1) is 0 Å². The van der Waals surface area contributed by atoms with Gasteiger partial charge in [0.1, 0.15) is 0 Å². The Morgan fingerprint density at radius 1 is 1.15 bits per heavy atom. The normalized spacial score (nSPS) is 25.8. The van der Waals surface area contributed by atoms with E-state index in [0.717, 1.165) is 24.9 Å². The number of hydrogen-bond acceptors (Lipinski definition) is 4. The van der Waals surface area contributed by atoms with Crippen LogP contribution < -0.4 is 5.73 Å². The average Bonchev–Trinajstić information content (AvgIpc) is 3.34. The lowest BCUT2D eigenvalue weighted by molar-refractivity contribution is 0.0993. The van der Waals surface area contributed by atoms with Gasteiger partial charge in [-0.1, -0.05) is 6.07 Å². The quantitative estimate of drug-likeness (QED) is 0.768. The molecule has 0 aliphatic carbocycles. The van der Waals surface area contributed by atoms with E-state index < -0.39 is 0 Å². The standard InChI is InChI=1S/C20H22N4OS/c21-20(25)14-2-1-13-5-7-23(19(13)9-14)18-10-16-3-4-17(11-18)24(16)12-15-6-8-26-22-15/h1-2,5-9,16-18H,3-4,10-12H2,(H2,21,25)/t16-,17+,18?. The molecule has 3 aromatic rings. The molecule has 2 aliphatic heterocycles. The first-order valence-electron chi connectivity index (χ1n) is 9.24. The summed E-state index contributed by atoms with van der Waals surface area (Å²) in [5.74, 6) is -0.363. The van der Waals surface area contributed by atoms with E-state index in [4.69, 9.17) is 5.73 Å². The van der Waals surface area contributed by atoms with E-state index >= 15 is 0 Å². The Morgan fingerprint density at radius 2 is 1.96 bits per heavy atom. The van der Waals surface area contributed by atoms with Crippen LogP contribution in [0.25, 0.3) is 10.9 Å². The molecule has 2 fully saturated rings. The highest BCUT2D eigenvalue weighted by atomic mass is 32.1. The summed E-state index contributed by atoms with van der Waals surface area (Å²) < 4.78 is 6.86. The Bertz CT molecular complexity index is 934. The number of fused-ring (bicyclic) bond motifs is 3. The van der Waals surface area contributed by atoms with Crippen LogP contribution in [0.15, 0.2) is 41.9 Å². The van der Waals surface area contributed by atoms with Crippen LogP contribution in [0.4, 0.5) is 0 Å². The van der Waals surface area contributed by atoms with E-state index in [2.05, 4.69) is 37.6 Å². The van der Waals surface area contributed by atoms with Crippen molar-refractivity contribution in [1.29, 1.82) is 0 Å². The summed E-state index contributed by atoms with van der Waals surface area (Å²) in [7, 11) is 0. The molecule has 2 N–H and O–H groups in total. The number of aromatic nitrogens is 2. The molecule has 5 nitrogen and oxygen atoms in total. The van der Waals surface area contributed by atoms with Gasteiger partial charge in [0.15, 0.2) is 0 Å². The van der Waals surface area contributed by atoms with Gasteiger partial charge in [0.2, 0.25) is 5.91 Å². The van der Waals surface area contributed by atoms with Gasteiger partial charge in [0.05, 0.1) is 5.69 Å². The third-order valence-corrected chi connectivity index (χ3v) is 6.69. The Balaban J connectivity index is 1.42. The second-order valence-electron chi connectivity index (χ2n) is 7.53. The Hall–Kier alpha value is -2.18. The van der Waals surface area contributed by atoms with Crippen molar-refractivity contribution < 1.29 is 4.79 Å². The molecule has 3 atom stereocenters. The summed E-state index contributed by atoms with van der Waals surface area (Å²) >= 11 is 1.54. The monoisotopic (exact) mass is 366 g/mol. The molecule has 2 aromatic heterocycles. The lowest BCUT2D eigenvalue weighted by Crippen LogP contribution is -2.42. The van der Waals surface area contributed by atoms with Crippen molar-refractivity contribution in [3.63, 3.8) is 0 Å². The topological polar surface area (TPSA) is 64.2 Å². The molecule has 1 amide bonds. The number of nitrogens with zero attached hydrogens (tertiary/aromatic N) is 3. The maximum Gasteiger partial charge on any atom is 0.248 e. The van der Waals surface area contributed by atoms with Gasteiger partial charge in [-0.25, -0.2) is 0 Å². The minimum Gasteiger partial charge on any atom is -0.366 e. The maximum absolute atomic E-state index is 11.6. The maximum atomic E-state index is 11.6. The van der Waals surface area contributed by atoms with Gasteiger partial charge in [-0.15, -0.1) is 0 Å². The smallest absolute Gasteiger partial charge is 0.248 e. The fraction of sp³-hybridized carbons (Fsp3) is 0.400. The third-order valence-electron chi connectivity index (χ3n) is 6.10. The van der Waals surface area contributed by atoms with E-state index in [0.29, 0.717) is 23.7 Å². The van der Waals surface area contributed by atoms with Gasteiger partial charge in [-0.05, 0) is 66.9 Å². The van der Waals surface area contributed by atoms with E-state index in [9.17, 15) is 4.79 Å². The molecule has 1 unspecified atom stereocenters. The van der Waals surface area contributed by atoms with Crippen molar-refractivity contribution in [1.82, 2.24) is 13.8 Å². The van der Waals surface area contributed by atoms with Crippen molar-refractivity contribution in [2.24, 2.45) is 5.73 Å². The molecule has 26 heavy (non-hydrogen) atoms. The van der Waals surface area contributed by atoms with Gasteiger partial charge >= 0.3 is 0 Å². The lowest BCUT2D eigenvalue weighted by atomic mass is 9.96. The zero-order valence-electron chi connectivity index (χ0n) is 14.5. The second-order valence-corrected chi connectivity index (χ2v) is 8.20. The van der Waals surface area contributed by atoms with Crippen molar-refractivity contribution in [2.75, 3.05) is 0 Å². The van der Waals surface area contributed by atoms with Gasteiger partial charge < -0.3 is 10.3 Å². The molecule has 5 rings (SSSR count). The number of rotatable bonds is 4. The molecule has 6 heteroatoms. The average molecular weight is 366 g/mol. The first kappa shape index (κ1) is 16.0. The van der Waals surface area contributed by atoms with Crippen LogP contribution in [0.5, 0.6) is 0 Å². The molecule has 4 heterocycles. The van der Waals surface area contributed by atoms with Gasteiger partial charge in [-0.2, -0.15) is 4.37 Å². The zero-order valence-corrected chi connectivity index (χ0v) is 15.4. The Labute approximate surface area is 156 Å². The predicted octanol–water partition coefficient (Wildman–Crippen LogP) is 3.56. The minimum absolute atomic E-state index is 0.363. The molecule has 2 saturated heterocycles. The molecular weight excluding hydrogens is 344 g/mol. The Kier molecular flexibility index (Phi) is 3.83. The highest BCUT2D eigenvalue weighted by Crippen LogP contribution is 2.42. The highest BCUT2D eigenvalue weighted by Gasteiger charge is 2.41. The van der Waals surface area contributed by atoms with Crippen molar-refractivity contribution >= 4 is 28.3 Å². The largest absolute Gasteiger partial charge is 0.366 e. The summed E-state index contributed by atoms with van der Waals surface area (Å²) in [6.07, 6.45) is 7.04. The molecule has 0 saturated carbocycles. The first-order chi connectivity index (χ1) is 12.7. The van der Waals surface area contributed by atoms with Crippen molar-refractivity contribution in [2.45, 2.75) is 50.4 Å². The van der Waals surface area contributed by atoms with E-state index in [1.165, 1.54) is 35.5 Å². The van der Waals surface area contributed by atoms with Crippen LogP contribution in [-0.4, -0.2) is 31.8 Å². The highest BCUT2D eigenvalue weighted by molar-refractivity contribution is 7.03. The zero-order chi connectivity index (χ0) is 17.7. The fourth-order valence-electron chi connectivity index (χ4n) is 4.86. The molecule has 0 spiro atoms. The number of carbonyl (C=O) groups is 1. The summed E-state index contributed by atoms with van der Waals surface area (Å²) in [6.45, 7) is 0.976. The van der Waals surface area contributed by atoms with Crippen LogP contribution in [0.1, 0.15) is 47.8 Å². The molecular formula is C20H22N4OS. The minimum atomic E-state index is -0.363.